The van der Waals surface area contributed by atoms with Crippen molar-refractivity contribution in [3.63, 3.8) is 0 Å². The minimum atomic E-state index is -1.12. The number of benzene rings is 3. The minimum absolute atomic E-state index is 0.0949. The van der Waals surface area contributed by atoms with E-state index in [1.54, 1.807) is 29.2 Å². The van der Waals surface area contributed by atoms with Gasteiger partial charge < -0.3 is 15.2 Å². The van der Waals surface area contributed by atoms with Crippen LogP contribution in [0, 0.1) is 5.92 Å². The summed E-state index contributed by atoms with van der Waals surface area (Å²) >= 11 is 6.35. The van der Waals surface area contributed by atoms with Gasteiger partial charge in [-0.3, -0.25) is 14.5 Å². The summed E-state index contributed by atoms with van der Waals surface area (Å²) in [6.45, 7) is 0. The van der Waals surface area contributed by atoms with E-state index in [0.29, 0.717) is 34.0 Å². The zero-order valence-electron chi connectivity index (χ0n) is 21.5. The molecule has 2 N–H and O–H groups in total. The van der Waals surface area contributed by atoms with Crippen LogP contribution in [0.4, 0.5) is 5.69 Å². The van der Waals surface area contributed by atoms with Crippen LogP contribution in [0.15, 0.2) is 108 Å². The number of allylic oxidation sites excluding steroid dienone is 2. The van der Waals surface area contributed by atoms with Gasteiger partial charge in [-0.15, -0.1) is 0 Å². The van der Waals surface area contributed by atoms with Crippen molar-refractivity contribution < 1.29 is 23.9 Å². The van der Waals surface area contributed by atoms with Gasteiger partial charge in [-0.05, 0) is 41.8 Å². The second-order valence-corrected chi connectivity index (χ2v) is 9.83. The molecule has 0 spiro atoms. The Morgan fingerprint density at radius 3 is 2.15 bits per heavy atom. The Morgan fingerprint density at radius 2 is 1.54 bits per heavy atom. The molecule has 8 heteroatoms. The topological polar surface area (TPSA) is 98.9 Å². The quantitative estimate of drug-likeness (QED) is 0.354. The molecule has 1 aliphatic heterocycles. The van der Waals surface area contributed by atoms with Crippen LogP contribution < -0.4 is 10.6 Å². The van der Waals surface area contributed by atoms with Gasteiger partial charge in [-0.25, -0.2) is 4.79 Å². The maximum Gasteiger partial charge on any atom is 0.338 e. The predicted octanol–water partition coefficient (Wildman–Crippen LogP) is 5.09. The number of ether oxygens (including phenoxy) is 2. The molecule has 1 aliphatic carbocycles. The van der Waals surface area contributed by atoms with Crippen molar-refractivity contribution in [1.82, 2.24) is 0 Å². The van der Waals surface area contributed by atoms with Gasteiger partial charge in [0, 0.05) is 27.9 Å². The molecule has 0 unspecified atom stereocenters. The molecule has 3 atom stereocenters. The molecule has 0 aromatic heterocycles. The molecule has 0 radical (unpaired) electrons. The van der Waals surface area contributed by atoms with Crippen molar-refractivity contribution in [1.29, 1.82) is 0 Å². The number of anilines is 1. The number of ketones is 1. The normalized spacial score (nSPS) is 20.9. The van der Waals surface area contributed by atoms with Gasteiger partial charge >= 0.3 is 11.9 Å². The molecule has 0 saturated heterocycles. The van der Waals surface area contributed by atoms with Gasteiger partial charge in [-0.1, -0.05) is 72.3 Å². The fourth-order valence-electron chi connectivity index (χ4n) is 5.64. The third-order valence-electron chi connectivity index (χ3n) is 7.32. The first-order chi connectivity index (χ1) is 18.9. The summed E-state index contributed by atoms with van der Waals surface area (Å²) in [6, 6.07) is 25.6. The molecule has 3 aromatic carbocycles. The largest absolute Gasteiger partial charge is 0.468 e. The van der Waals surface area contributed by atoms with Crippen LogP contribution >= 0.6 is 11.6 Å². The molecule has 7 nitrogen and oxygen atoms in total. The van der Waals surface area contributed by atoms with Gasteiger partial charge in [0.05, 0.1) is 25.7 Å². The number of carbonyl (C=O) groups excluding carboxylic acids is 3. The number of nitrogens with two attached hydrogens (primary N) is 1. The number of hydrogen-bond donors (Lipinski definition) is 1. The van der Waals surface area contributed by atoms with Crippen LogP contribution in [-0.4, -0.2) is 31.9 Å². The van der Waals surface area contributed by atoms with Crippen molar-refractivity contribution in [2.75, 3.05) is 19.1 Å². The Hall–Kier alpha value is -4.36. The Bertz CT molecular complexity index is 1500. The average Bonchev–Trinajstić information content (AvgIpc) is 2.96. The number of methoxy groups -OCH3 is 2. The molecule has 0 saturated carbocycles. The highest BCUT2D eigenvalue weighted by molar-refractivity contribution is 6.30. The highest BCUT2D eigenvalue weighted by Gasteiger charge is 2.51. The van der Waals surface area contributed by atoms with E-state index in [9.17, 15) is 14.4 Å². The molecule has 5 rings (SSSR count). The van der Waals surface area contributed by atoms with Gasteiger partial charge in [0.2, 0.25) is 0 Å². The van der Waals surface area contributed by atoms with Gasteiger partial charge in [0.25, 0.3) is 0 Å². The van der Waals surface area contributed by atoms with E-state index in [1.165, 1.54) is 14.2 Å². The molecule has 1 heterocycles. The highest BCUT2D eigenvalue weighted by Crippen LogP contribution is 2.51. The first kappa shape index (κ1) is 26.3. The number of rotatable bonds is 5. The molecule has 39 heavy (non-hydrogen) atoms. The monoisotopic (exact) mass is 542 g/mol. The zero-order valence-corrected chi connectivity index (χ0v) is 22.2. The van der Waals surface area contributed by atoms with E-state index in [-0.39, 0.29) is 11.4 Å². The Kier molecular flexibility index (Phi) is 7.26. The smallest absolute Gasteiger partial charge is 0.338 e. The summed E-state index contributed by atoms with van der Waals surface area (Å²) < 4.78 is 10.3. The molecule has 2 aliphatic rings. The molecular weight excluding hydrogens is 516 g/mol. The fraction of sp³-hybridized carbons (Fsp3) is 0.194. The Balaban J connectivity index is 1.83. The average molecular weight is 543 g/mol. The highest BCUT2D eigenvalue weighted by atomic mass is 35.5. The van der Waals surface area contributed by atoms with Crippen LogP contribution in [0.25, 0.3) is 0 Å². The van der Waals surface area contributed by atoms with Crippen LogP contribution in [0.1, 0.15) is 29.4 Å². The number of carbonyl (C=O) groups is 3. The van der Waals surface area contributed by atoms with Crippen LogP contribution in [0.3, 0.4) is 0 Å². The maximum absolute atomic E-state index is 14.5. The molecule has 0 bridgehead atoms. The van der Waals surface area contributed by atoms with Crippen molar-refractivity contribution in [3.05, 3.63) is 124 Å². The summed E-state index contributed by atoms with van der Waals surface area (Å²) in [5, 5.41) is 0.429. The SMILES string of the molecule is COC(=O)C1=C(N)N(c2ccccc2)C2=C(C(=O)[C@H](C(=O)OC)[C@H](c3ccccc3)C2)[C@H]1c1cccc(Cl)c1. The zero-order chi connectivity index (χ0) is 27.7. The van der Waals surface area contributed by atoms with Crippen molar-refractivity contribution in [2.45, 2.75) is 18.3 Å². The second kappa shape index (κ2) is 10.8. The number of hydrogen-bond acceptors (Lipinski definition) is 7. The van der Waals surface area contributed by atoms with E-state index in [1.807, 2.05) is 60.7 Å². The number of nitrogens with zero attached hydrogens (tertiary/aromatic N) is 1. The summed E-state index contributed by atoms with van der Waals surface area (Å²) in [5.41, 5.74) is 9.86. The number of halogens is 1. The molecular formula is C31H27ClN2O5. The van der Waals surface area contributed by atoms with E-state index < -0.39 is 35.5 Å². The standard InChI is InChI=1S/C31H27ClN2O5/c1-38-30(36)25-22(18-10-5-3-6-11-18)17-23-26(28(25)35)24(19-12-9-13-20(32)16-19)27(31(37)39-2)29(33)34(23)21-14-7-4-8-15-21/h3-16,22,24-25H,17,33H2,1-2H3/t22-,24+,25+/m0/s1. The maximum atomic E-state index is 14.5. The molecule has 0 amide bonds. The summed E-state index contributed by atoms with van der Waals surface area (Å²) in [7, 11) is 2.53. The van der Waals surface area contributed by atoms with Gasteiger partial charge in [0.15, 0.2) is 5.78 Å². The predicted molar refractivity (Wildman–Crippen MR) is 148 cm³/mol. The summed E-state index contributed by atoms with van der Waals surface area (Å²) in [5.74, 6) is -4.14. The molecule has 198 valence electrons. The van der Waals surface area contributed by atoms with Gasteiger partial charge in [0.1, 0.15) is 11.7 Å². The van der Waals surface area contributed by atoms with E-state index in [0.717, 1.165) is 5.56 Å². The second-order valence-electron chi connectivity index (χ2n) is 9.40. The minimum Gasteiger partial charge on any atom is -0.468 e. The van der Waals surface area contributed by atoms with Crippen molar-refractivity contribution in [3.8, 4) is 0 Å². The van der Waals surface area contributed by atoms with Crippen molar-refractivity contribution >= 4 is 35.0 Å². The molecule has 0 fully saturated rings. The Labute approximate surface area is 231 Å². The number of Topliss-reactive ketones (excluding diaryl/α,β-unsaturated/α-hetero) is 1. The van der Waals surface area contributed by atoms with E-state index in [2.05, 4.69) is 0 Å². The van der Waals surface area contributed by atoms with Crippen molar-refractivity contribution in [2.24, 2.45) is 11.7 Å². The lowest BCUT2D eigenvalue weighted by Crippen LogP contribution is -2.46. The number of esters is 2. The first-order valence-electron chi connectivity index (χ1n) is 12.5. The van der Waals surface area contributed by atoms with Crippen LogP contribution in [0.5, 0.6) is 0 Å². The van der Waals surface area contributed by atoms with Crippen LogP contribution in [-0.2, 0) is 23.9 Å². The third-order valence-corrected chi connectivity index (χ3v) is 7.56. The first-order valence-corrected chi connectivity index (χ1v) is 12.8. The Morgan fingerprint density at radius 1 is 0.897 bits per heavy atom. The van der Waals surface area contributed by atoms with Crippen LogP contribution in [0.2, 0.25) is 5.02 Å². The number of para-hydroxylation sites is 1. The van der Waals surface area contributed by atoms with E-state index in [4.69, 9.17) is 26.8 Å². The fourth-order valence-corrected chi connectivity index (χ4v) is 5.84. The summed E-state index contributed by atoms with van der Waals surface area (Å²) in [4.78, 5) is 42.8. The summed E-state index contributed by atoms with van der Waals surface area (Å²) in [6.07, 6.45) is 0.298. The molecule has 3 aromatic rings. The lowest BCUT2D eigenvalue weighted by Gasteiger charge is -2.44. The lowest BCUT2D eigenvalue weighted by molar-refractivity contribution is -0.150. The van der Waals surface area contributed by atoms with E-state index >= 15 is 0 Å². The third kappa shape index (κ3) is 4.59. The lowest BCUT2D eigenvalue weighted by atomic mass is 9.67. The van der Waals surface area contributed by atoms with Gasteiger partial charge in [-0.2, -0.15) is 0 Å².